The molecule has 0 aliphatic carbocycles. The summed E-state index contributed by atoms with van der Waals surface area (Å²) in [6.45, 7) is 2.03. The van der Waals surface area contributed by atoms with Crippen molar-refractivity contribution in [1.29, 1.82) is 0 Å². The Morgan fingerprint density at radius 2 is 1.76 bits per heavy atom. The molecule has 7 nitrogen and oxygen atoms in total. The lowest BCUT2D eigenvalue weighted by Gasteiger charge is -2.35. The van der Waals surface area contributed by atoms with Crippen molar-refractivity contribution in [1.82, 2.24) is 9.88 Å². The van der Waals surface area contributed by atoms with Crippen molar-refractivity contribution < 1.29 is 24.5 Å². The molecule has 0 saturated carbocycles. The van der Waals surface area contributed by atoms with Gasteiger partial charge in [0.25, 0.3) is 0 Å². The highest BCUT2D eigenvalue weighted by molar-refractivity contribution is 9.10. The van der Waals surface area contributed by atoms with Gasteiger partial charge in [-0.25, -0.2) is 4.79 Å². The second kappa shape index (κ2) is 11.0. The van der Waals surface area contributed by atoms with Crippen LogP contribution in [0.3, 0.4) is 0 Å². The smallest absolute Gasteiger partial charge is 0.416 e. The summed E-state index contributed by atoms with van der Waals surface area (Å²) in [5.41, 5.74) is 3.27. The lowest BCUT2D eigenvalue weighted by molar-refractivity contribution is 0.0287. The molecule has 198 valence electrons. The molecule has 0 fully saturated rings. The third kappa shape index (κ3) is 5.40. The molecule has 1 amide bonds. The Bertz CT molecular complexity index is 1430. The van der Waals surface area contributed by atoms with E-state index >= 15 is 0 Å². The molecule has 1 unspecified atom stereocenters. The number of carbonyl (C=O) groups is 1. The number of hydrogen-bond donors (Lipinski definition) is 3. The number of aliphatic hydroxyl groups is 2. The van der Waals surface area contributed by atoms with E-state index in [1.165, 1.54) is 5.56 Å². The molecule has 1 aliphatic rings. The number of fused-ring (bicyclic) bond motifs is 3. The molecule has 0 radical (unpaired) electrons. The molecule has 1 aliphatic heterocycles. The van der Waals surface area contributed by atoms with Gasteiger partial charge < -0.3 is 24.7 Å². The van der Waals surface area contributed by atoms with Crippen molar-refractivity contribution in [2.75, 3.05) is 26.4 Å². The van der Waals surface area contributed by atoms with E-state index in [1.807, 2.05) is 36.4 Å². The first-order valence-corrected chi connectivity index (χ1v) is 13.5. The summed E-state index contributed by atoms with van der Waals surface area (Å²) in [4.78, 5) is 18.7. The molecule has 0 saturated heterocycles. The maximum atomic E-state index is 13.4. The Kier molecular flexibility index (Phi) is 7.68. The number of aromatic nitrogens is 1. The van der Waals surface area contributed by atoms with Crippen molar-refractivity contribution in [2.45, 2.75) is 19.4 Å². The average Bonchev–Trinajstić information content (AvgIpc) is 3.30. The SMILES string of the molecule is CC(CO)(CO)COc1ccc(C2c3[nH]c4ccc(Br)cc4c3CCN2C(=O)Oc2ccc(Cl)cc2)cc1. The van der Waals surface area contributed by atoms with Crippen LogP contribution in [0.1, 0.15) is 29.8 Å². The predicted octanol–water partition coefficient (Wildman–Crippen LogP) is 6.10. The van der Waals surface area contributed by atoms with Crippen LogP contribution in [-0.4, -0.2) is 52.6 Å². The number of amides is 1. The van der Waals surface area contributed by atoms with Crippen LogP contribution < -0.4 is 9.47 Å². The molecule has 2 heterocycles. The zero-order valence-electron chi connectivity index (χ0n) is 20.8. The normalized spacial score (nSPS) is 15.4. The molecule has 9 heteroatoms. The third-order valence-corrected chi connectivity index (χ3v) is 7.63. The van der Waals surface area contributed by atoms with Gasteiger partial charge in [-0.05, 0) is 72.1 Å². The summed E-state index contributed by atoms with van der Waals surface area (Å²) >= 11 is 9.57. The van der Waals surface area contributed by atoms with E-state index in [1.54, 1.807) is 36.1 Å². The zero-order chi connectivity index (χ0) is 26.9. The maximum absolute atomic E-state index is 13.4. The largest absolute Gasteiger partial charge is 0.493 e. The first-order valence-electron chi connectivity index (χ1n) is 12.3. The topological polar surface area (TPSA) is 95.0 Å². The number of benzene rings is 3. The molecule has 0 spiro atoms. The van der Waals surface area contributed by atoms with E-state index in [9.17, 15) is 15.0 Å². The van der Waals surface area contributed by atoms with Crippen LogP contribution in [0.5, 0.6) is 11.5 Å². The van der Waals surface area contributed by atoms with Crippen LogP contribution in [0, 0.1) is 5.41 Å². The standard InChI is InChI=1S/C29H28BrClN2O5/c1-29(15-34,16-35)17-37-21-7-2-18(3-8-21)27-26-23(24-14-19(30)4-11-25(24)32-26)12-13-33(27)28(36)38-22-9-5-20(31)6-10-22/h2-11,14,27,32,34-35H,12-13,15-17H2,1H3. The summed E-state index contributed by atoms with van der Waals surface area (Å²) in [6.07, 6.45) is 0.227. The molecule has 3 N–H and O–H groups in total. The predicted molar refractivity (Wildman–Crippen MR) is 150 cm³/mol. The highest BCUT2D eigenvalue weighted by Gasteiger charge is 2.36. The van der Waals surface area contributed by atoms with Crippen LogP contribution in [-0.2, 0) is 6.42 Å². The molecule has 3 aromatic carbocycles. The third-order valence-electron chi connectivity index (χ3n) is 6.89. The lowest BCUT2D eigenvalue weighted by Crippen LogP contribution is -2.42. The van der Waals surface area contributed by atoms with Crippen molar-refractivity contribution in [2.24, 2.45) is 5.41 Å². The van der Waals surface area contributed by atoms with Gasteiger partial charge in [-0.2, -0.15) is 0 Å². The van der Waals surface area contributed by atoms with Gasteiger partial charge in [0.15, 0.2) is 0 Å². The fraction of sp³-hybridized carbons (Fsp3) is 0.276. The minimum absolute atomic E-state index is 0.170. The van der Waals surface area contributed by atoms with Gasteiger partial charge in [0.2, 0.25) is 0 Å². The Morgan fingerprint density at radius 3 is 2.45 bits per heavy atom. The molecule has 0 bridgehead atoms. The summed E-state index contributed by atoms with van der Waals surface area (Å²) in [6, 6.07) is 19.9. The van der Waals surface area contributed by atoms with Crippen molar-refractivity contribution >= 4 is 44.5 Å². The Morgan fingerprint density at radius 1 is 1.08 bits per heavy atom. The van der Waals surface area contributed by atoms with Crippen molar-refractivity contribution in [3.05, 3.63) is 93.0 Å². The first kappa shape index (κ1) is 26.6. The van der Waals surface area contributed by atoms with Gasteiger partial charge in [-0.3, -0.25) is 4.90 Å². The number of H-pyrrole nitrogens is 1. The number of aliphatic hydroxyl groups excluding tert-OH is 2. The van der Waals surface area contributed by atoms with Gasteiger partial charge in [-0.1, -0.05) is 46.6 Å². The number of halogens is 2. The Labute approximate surface area is 234 Å². The van der Waals surface area contributed by atoms with Crippen LogP contribution in [0.2, 0.25) is 5.02 Å². The first-order chi connectivity index (χ1) is 18.3. The number of hydrogen-bond acceptors (Lipinski definition) is 5. The van der Waals surface area contributed by atoms with Gasteiger partial charge in [0, 0.05) is 38.1 Å². The van der Waals surface area contributed by atoms with Crippen molar-refractivity contribution in [3.63, 3.8) is 0 Å². The highest BCUT2D eigenvalue weighted by Crippen LogP contribution is 2.40. The van der Waals surface area contributed by atoms with E-state index in [4.69, 9.17) is 21.1 Å². The van der Waals surface area contributed by atoms with E-state index in [-0.39, 0.29) is 19.8 Å². The number of aromatic amines is 1. The Hall–Kier alpha value is -3.04. The van der Waals surface area contributed by atoms with Gasteiger partial charge in [0.1, 0.15) is 17.5 Å². The highest BCUT2D eigenvalue weighted by atomic mass is 79.9. The van der Waals surface area contributed by atoms with Crippen LogP contribution in [0.15, 0.2) is 71.2 Å². The number of carbonyl (C=O) groups excluding carboxylic acids is 1. The average molecular weight is 600 g/mol. The second-order valence-corrected chi connectivity index (χ2v) is 11.2. The fourth-order valence-corrected chi connectivity index (χ4v) is 5.10. The number of nitrogens with one attached hydrogen (secondary N) is 1. The molecule has 4 aromatic rings. The van der Waals surface area contributed by atoms with E-state index in [0.29, 0.717) is 29.5 Å². The fourth-order valence-electron chi connectivity index (χ4n) is 4.61. The molecule has 1 aromatic heterocycles. The summed E-state index contributed by atoms with van der Waals surface area (Å²) in [5, 5.41) is 20.8. The summed E-state index contributed by atoms with van der Waals surface area (Å²) in [7, 11) is 0. The van der Waals surface area contributed by atoms with Crippen molar-refractivity contribution in [3.8, 4) is 11.5 Å². The van der Waals surface area contributed by atoms with Gasteiger partial charge in [-0.15, -0.1) is 0 Å². The van der Waals surface area contributed by atoms with E-state index in [0.717, 1.165) is 26.6 Å². The van der Waals surface area contributed by atoms with Crippen LogP contribution in [0.4, 0.5) is 4.79 Å². The monoisotopic (exact) mass is 598 g/mol. The molecule has 38 heavy (non-hydrogen) atoms. The van der Waals surface area contributed by atoms with Gasteiger partial charge in [0.05, 0.1) is 19.8 Å². The quantitative estimate of drug-likeness (QED) is 0.239. The molecule has 1 atom stereocenters. The second-order valence-electron chi connectivity index (χ2n) is 9.86. The van der Waals surface area contributed by atoms with Crippen LogP contribution in [0.25, 0.3) is 10.9 Å². The zero-order valence-corrected chi connectivity index (χ0v) is 23.1. The van der Waals surface area contributed by atoms with E-state index < -0.39 is 17.6 Å². The minimum atomic E-state index is -0.738. The number of ether oxygens (including phenoxy) is 2. The van der Waals surface area contributed by atoms with Gasteiger partial charge >= 0.3 is 6.09 Å². The number of rotatable bonds is 7. The minimum Gasteiger partial charge on any atom is -0.493 e. The van der Waals surface area contributed by atoms with Crippen LogP contribution >= 0.6 is 27.5 Å². The van der Waals surface area contributed by atoms with E-state index in [2.05, 4.69) is 27.0 Å². The summed E-state index contributed by atoms with van der Waals surface area (Å²) < 4.78 is 12.6. The molecular formula is C29H28BrClN2O5. The number of nitrogens with zero attached hydrogens (tertiary/aromatic N) is 1. The molecule has 5 rings (SSSR count). The molecular weight excluding hydrogens is 572 g/mol. The summed E-state index contributed by atoms with van der Waals surface area (Å²) in [5.74, 6) is 1.03. The maximum Gasteiger partial charge on any atom is 0.416 e. The lowest BCUT2D eigenvalue weighted by atomic mass is 9.92. The Balaban J connectivity index is 1.48.